The Labute approximate surface area is 203 Å². The quantitative estimate of drug-likeness (QED) is 0.293. The maximum absolute atomic E-state index is 11.8. The zero-order chi connectivity index (χ0) is 25.1. The number of nitrogens with zero attached hydrogens (tertiary/aromatic N) is 1. The molecule has 9 heteroatoms. The van der Waals surface area contributed by atoms with Crippen molar-refractivity contribution >= 4 is 39.3 Å². The van der Waals surface area contributed by atoms with Gasteiger partial charge < -0.3 is 19.7 Å². The van der Waals surface area contributed by atoms with Crippen LogP contribution in [0.1, 0.15) is 32.8 Å². The van der Waals surface area contributed by atoms with Crippen molar-refractivity contribution in [1.29, 1.82) is 0 Å². The number of carbonyl (C=O) groups is 3. The number of hydrogen-bond acceptors (Lipinski definition) is 7. The van der Waals surface area contributed by atoms with Crippen LogP contribution in [0.4, 0.5) is 0 Å². The first-order valence-electron chi connectivity index (χ1n) is 11.2. The minimum absolute atomic E-state index is 0.0645. The van der Waals surface area contributed by atoms with Crippen molar-refractivity contribution < 1.29 is 34.1 Å². The van der Waals surface area contributed by atoms with Crippen molar-refractivity contribution in [1.82, 2.24) is 4.90 Å². The van der Waals surface area contributed by atoms with Crippen LogP contribution in [0.25, 0.3) is 10.1 Å². The maximum atomic E-state index is 11.8. The molecule has 2 heterocycles. The Morgan fingerprint density at radius 1 is 1.09 bits per heavy atom. The fourth-order valence-corrected chi connectivity index (χ4v) is 3.88. The molecule has 0 amide bonds. The second-order valence-corrected chi connectivity index (χ2v) is 10.0. The molecule has 3 rings (SSSR count). The van der Waals surface area contributed by atoms with E-state index in [2.05, 4.69) is 34.5 Å². The molecule has 0 radical (unpaired) electrons. The van der Waals surface area contributed by atoms with Crippen LogP contribution in [0.5, 0.6) is 0 Å². The molecular weight excluding hydrogens is 458 g/mol. The van der Waals surface area contributed by atoms with E-state index in [-0.39, 0.29) is 12.1 Å². The first-order valence-corrected chi connectivity index (χ1v) is 12.0. The van der Waals surface area contributed by atoms with E-state index in [4.69, 9.17) is 19.7 Å². The van der Waals surface area contributed by atoms with E-state index < -0.39 is 17.4 Å². The monoisotopic (exact) mass is 491 g/mol. The van der Waals surface area contributed by atoms with Crippen LogP contribution in [-0.4, -0.2) is 72.0 Å². The molecule has 0 bridgehead atoms. The number of benzene rings is 1. The Morgan fingerprint density at radius 2 is 1.76 bits per heavy atom. The van der Waals surface area contributed by atoms with Gasteiger partial charge in [-0.25, -0.2) is 9.59 Å². The van der Waals surface area contributed by atoms with Gasteiger partial charge in [-0.15, -0.1) is 11.3 Å². The molecule has 1 fully saturated rings. The van der Waals surface area contributed by atoms with Gasteiger partial charge in [-0.2, -0.15) is 0 Å². The molecular formula is C25H33NO7S. The van der Waals surface area contributed by atoms with Gasteiger partial charge >= 0.3 is 17.9 Å². The average molecular weight is 492 g/mol. The first-order chi connectivity index (χ1) is 16.0. The lowest BCUT2D eigenvalue weighted by atomic mass is 9.97. The molecule has 0 atom stereocenters. The molecule has 0 spiro atoms. The molecule has 8 nitrogen and oxygen atoms in total. The topological polar surface area (TPSA) is 113 Å². The first kappa shape index (κ1) is 27.5. The normalized spacial score (nSPS) is 14.4. The van der Waals surface area contributed by atoms with Gasteiger partial charge in [-0.1, -0.05) is 12.1 Å². The second-order valence-electron chi connectivity index (χ2n) is 9.06. The van der Waals surface area contributed by atoms with Gasteiger partial charge in [0.1, 0.15) is 6.10 Å². The van der Waals surface area contributed by atoms with Crippen molar-refractivity contribution in [3.63, 3.8) is 0 Å². The lowest BCUT2D eigenvalue weighted by Crippen LogP contribution is -2.53. The molecule has 34 heavy (non-hydrogen) atoms. The Morgan fingerprint density at radius 3 is 2.38 bits per heavy atom. The number of esters is 1. The highest BCUT2D eigenvalue weighted by Crippen LogP contribution is 2.22. The number of rotatable bonds is 10. The minimum Gasteiger partial charge on any atom is -0.478 e. The van der Waals surface area contributed by atoms with Crippen LogP contribution in [0.3, 0.4) is 0 Å². The van der Waals surface area contributed by atoms with Crippen LogP contribution in [0.2, 0.25) is 0 Å². The van der Waals surface area contributed by atoms with Crippen molar-refractivity contribution in [3.05, 3.63) is 47.4 Å². The number of aliphatic carboxylic acids is 2. The summed E-state index contributed by atoms with van der Waals surface area (Å²) in [5, 5.41) is 19.1. The minimum atomic E-state index is -1.26. The molecule has 1 aliphatic rings. The fraction of sp³-hybridized carbons (Fsp3) is 0.480. The molecule has 2 aromatic rings. The van der Waals surface area contributed by atoms with Crippen LogP contribution in [0.15, 0.2) is 41.8 Å². The SMILES string of the molecule is CC(C)(C)C(=O)OC1CN(CCCOCCc2ccc3sccc3c2)C1.O=C(O)/C=C\C(=O)O. The number of carboxylic acid groups (broad SMARTS) is 2. The van der Waals surface area contributed by atoms with E-state index in [1.54, 1.807) is 11.3 Å². The molecule has 1 aliphatic heterocycles. The molecule has 0 aliphatic carbocycles. The third kappa shape index (κ3) is 10.0. The third-order valence-electron chi connectivity index (χ3n) is 4.99. The lowest BCUT2D eigenvalue weighted by molar-refractivity contribution is -0.167. The van der Waals surface area contributed by atoms with Crippen molar-refractivity contribution in [2.24, 2.45) is 5.41 Å². The summed E-state index contributed by atoms with van der Waals surface area (Å²) in [6.07, 6.45) is 3.16. The number of thiophene rings is 1. The molecule has 1 saturated heterocycles. The van der Waals surface area contributed by atoms with Crippen LogP contribution in [0, 0.1) is 5.41 Å². The van der Waals surface area contributed by atoms with E-state index >= 15 is 0 Å². The molecule has 186 valence electrons. The van der Waals surface area contributed by atoms with E-state index in [0.717, 1.165) is 45.7 Å². The molecule has 0 unspecified atom stereocenters. The van der Waals surface area contributed by atoms with Crippen LogP contribution < -0.4 is 0 Å². The number of carboxylic acids is 2. The fourth-order valence-electron chi connectivity index (χ4n) is 3.10. The highest BCUT2D eigenvalue weighted by atomic mass is 32.1. The van der Waals surface area contributed by atoms with E-state index in [1.165, 1.54) is 15.6 Å². The highest BCUT2D eigenvalue weighted by molar-refractivity contribution is 7.17. The van der Waals surface area contributed by atoms with Crippen LogP contribution >= 0.6 is 11.3 Å². The molecule has 0 saturated carbocycles. The van der Waals surface area contributed by atoms with Gasteiger partial charge in [0.2, 0.25) is 0 Å². The zero-order valence-electron chi connectivity index (χ0n) is 19.9. The van der Waals surface area contributed by atoms with E-state index in [9.17, 15) is 14.4 Å². The van der Waals surface area contributed by atoms with Gasteiger partial charge in [-0.3, -0.25) is 9.69 Å². The molecule has 1 aromatic heterocycles. The summed E-state index contributed by atoms with van der Waals surface area (Å²) < 4.78 is 12.6. The number of ether oxygens (including phenoxy) is 2. The van der Waals surface area contributed by atoms with E-state index in [1.807, 2.05) is 20.8 Å². The summed E-state index contributed by atoms with van der Waals surface area (Å²) in [6, 6.07) is 8.82. The summed E-state index contributed by atoms with van der Waals surface area (Å²) in [5.41, 5.74) is 0.921. The highest BCUT2D eigenvalue weighted by Gasteiger charge is 2.33. The Balaban J connectivity index is 0.000000440. The maximum Gasteiger partial charge on any atom is 0.328 e. The number of likely N-dealkylation sites (tertiary alicyclic amines) is 1. The Kier molecular flexibility index (Phi) is 10.7. The summed E-state index contributed by atoms with van der Waals surface area (Å²) >= 11 is 1.78. The number of hydrogen-bond donors (Lipinski definition) is 2. The molecule has 2 N–H and O–H groups in total. The summed E-state index contributed by atoms with van der Waals surface area (Å²) in [4.78, 5) is 33.2. The van der Waals surface area contributed by atoms with E-state index in [0.29, 0.717) is 12.2 Å². The predicted octanol–water partition coefficient (Wildman–Crippen LogP) is 3.84. The van der Waals surface area contributed by atoms with Crippen LogP contribution in [-0.2, 0) is 30.3 Å². The Hall–Kier alpha value is -2.75. The van der Waals surface area contributed by atoms with Gasteiger partial charge in [0.25, 0.3) is 0 Å². The standard InChI is InChI=1S/C21H29NO3S.C4H4O4/c1-21(2,3)20(23)25-18-14-22(15-18)9-4-10-24-11-7-16-5-6-19-17(13-16)8-12-26-19;5-3(6)1-2-4(7)8/h5-6,8,12-13,18H,4,7,9-11,14-15H2,1-3H3;1-2H,(H,5,6)(H,7,8)/b;2-1-. The van der Waals surface area contributed by atoms with Gasteiger partial charge in [0.15, 0.2) is 0 Å². The molecule has 1 aromatic carbocycles. The average Bonchev–Trinajstić information content (AvgIpc) is 3.20. The number of carbonyl (C=O) groups excluding carboxylic acids is 1. The van der Waals surface area contributed by atoms with Crippen molar-refractivity contribution in [2.45, 2.75) is 39.7 Å². The van der Waals surface area contributed by atoms with Gasteiger partial charge in [0, 0.05) is 43.1 Å². The summed E-state index contributed by atoms with van der Waals surface area (Å²) in [6.45, 7) is 9.92. The lowest BCUT2D eigenvalue weighted by Gasteiger charge is -2.39. The third-order valence-corrected chi connectivity index (χ3v) is 5.89. The zero-order valence-corrected chi connectivity index (χ0v) is 20.7. The predicted molar refractivity (Wildman–Crippen MR) is 131 cm³/mol. The second kappa shape index (κ2) is 13.2. The summed E-state index contributed by atoms with van der Waals surface area (Å²) in [5.74, 6) is -2.62. The van der Waals surface area contributed by atoms with Gasteiger partial charge in [-0.05, 0) is 62.1 Å². The largest absolute Gasteiger partial charge is 0.478 e. The van der Waals surface area contributed by atoms with Crippen molar-refractivity contribution in [3.8, 4) is 0 Å². The van der Waals surface area contributed by atoms with Crippen molar-refractivity contribution in [2.75, 3.05) is 32.8 Å². The number of fused-ring (bicyclic) bond motifs is 1. The summed E-state index contributed by atoms with van der Waals surface area (Å²) in [7, 11) is 0. The Bertz CT molecular complexity index is 971. The van der Waals surface area contributed by atoms with Gasteiger partial charge in [0.05, 0.1) is 12.0 Å². The smallest absolute Gasteiger partial charge is 0.328 e.